The van der Waals surface area contributed by atoms with E-state index in [9.17, 15) is 9.59 Å². The molecule has 0 radical (unpaired) electrons. The van der Waals surface area contributed by atoms with Crippen LogP contribution in [0.3, 0.4) is 0 Å². The number of nitrogens with one attached hydrogen (secondary N) is 3. The zero-order chi connectivity index (χ0) is 21.8. The number of hydrogen-bond acceptors (Lipinski definition) is 4. The molecule has 30 heavy (non-hydrogen) atoms. The van der Waals surface area contributed by atoms with E-state index >= 15 is 0 Å². The van der Waals surface area contributed by atoms with Crippen LogP contribution in [0.4, 0.5) is 4.79 Å². The molecule has 1 heterocycles. The van der Waals surface area contributed by atoms with Crippen molar-refractivity contribution in [3.8, 4) is 0 Å². The van der Waals surface area contributed by atoms with Crippen LogP contribution in [-0.2, 0) is 9.59 Å². The number of likely N-dealkylation sites (tertiary alicyclic amines) is 1. The van der Waals surface area contributed by atoms with Gasteiger partial charge in [0.1, 0.15) is 6.04 Å². The highest BCUT2D eigenvalue weighted by atomic mass is 16.3. The topological polar surface area (TPSA) is 111 Å². The maximum atomic E-state index is 12.6. The van der Waals surface area contributed by atoms with E-state index < -0.39 is 6.04 Å². The molecule has 0 aromatic heterocycles. The standard InChI is InChI=1S/C21H32N4O2.CH2O2/c1-22-19(26)18(17-10-4-2-5-11-17)24-20(27)23-16-21(12-6-3-7-13-21)25-14-8-9-15-25;2-1-3/h2,4-5,10-11,18H,3,6-9,12-16H2,1H3,(H,22,26)(H2,23,24,27);1H,(H,2,3). The van der Waals surface area contributed by atoms with Gasteiger partial charge in [0.25, 0.3) is 6.47 Å². The van der Waals surface area contributed by atoms with Crippen LogP contribution < -0.4 is 16.0 Å². The molecule has 1 aliphatic carbocycles. The highest BCUT2D eigenvalue weighted by Gasteiger charge is 2.39. The van der Waals surface area contributed by atoms with Gasteiger partial charge in [-0.3, -0.25) is 14.5 Å². The number of benzene rings is 1. The molecule has 2 fully saturated rings. The molecule has 2 aliphatic rings. The second-order valence-corrected chi connectivity index (χ2v) is 7.87. The first-order valence-electron chi connectivity index (χ1n) is 10.7. The summed E-state index contributed by atoms with van der Waals surface area (Å²) in [7, 11) is 1.59. The molecule has 0 spiro atoms. The minimum absolute atomic E-state index is 0.0847. The van der Waals surface area contributed by atoms with Crippen molar-refractivity contribution in [2.75, 3.05) is 26.7 Å². The summed E-state index contributed by atoms with van der Waals surface area (Å²) in [5.74, 6) is -0.219. The van der Waals surface area contributed by atoms with Crippen molar-refractivity contribution in [2.45, 2.75) is 56.5 Å². The maximum absolute atomic E-state index is 12.6. The molecule has 166 valence electrons. The van der Waals surface area contributed by atoms with Gasteiger partial charge in [-0.25, -0.2) is 4.79 Å². The number of carbonyl (C=O) groups is 3. The van der Waals surface area contributed by atoms with Gasteiger partial charge in [-0.1, -0.05) is 49.6 Å². The lowest BCUT2D eigenvalue weighted by molar-refractivity contribution is -0.123. The van der Waals surface area contributed by atoms with Crippen LogP contribution in [-0.4, -0.2) is 60.6 Å². The molecule has 8 nitrogen and oxygen atoms in total. The van der Waals surface area contributed by atoms with Gasteiger partial charge in [-0.2, -0.15) is 0 Å². The monoisotopic (exact) mass is 418 g/mol. The van der Waals surface area contributed by atoms with Gasteiger partial charge in [0.15, 0.2) is 0 Å². The van der Waals surface area contributed by atoms with E-state index in [4.69, 9.17) is 9.90 Å². The van der Waals surface area contributed by atoms with E-state index in [1.54, 1.807) is 7.05 Å². The minimum Gasteiger partial charge on any atom is -0.483 e. The second kappa shape index (κ2) is 12.2. The van der Waals surface area contributed by atoms with Gasteiger partial charge in [0.2, 0.25) is 5.91 Å². The number of hydrogen-bond donors (Lipinski definition) is 4. The molecule has 1 aromatic carbocycles. The predicted octanol–water partition coefficient (Wildman–Crippen LogP) is 2.27. The molecule has 1 aliphatic heterocycles. The Balaban J connectivity index is 0.00000101. The molecule has 3 amide bonds. The van der Waals surface area contributed by atoms with Gasteiger partial charge in [-0.05, 0) is 44.3 Å². The van der Waals surface area contributed by atoms with Crippen molar-refractivity contribution in [1.82, 2.24) is 20.9 Å². The molecule has 1 unspecified atom stereocenters. The Hall–Kier alpha value is -2.61. The zero-order valence-electron chi connectivity index (χ0n) is 17.7. The quantitative estimate of drug-likeness (QED) is 0.530. The van der Waals surface area contributed by atoms with Gasteiger partial charge in [-0.15, -0.1) is 0 Å². The molecule has 1 saturated heterocycles. The lowest BCUT2D eigenvalue weighted by Gasteiger charge is -2.45. The first-order valence-corrected chi connectivity index (χ1v) is 10.7. The number of rotatable bonds is 6. The molecule has 1 aromatic rings. The third-order valence-corrected chi connectivity index (χ3v) is 6.06. The lowest BCUT2D eigenvalue weighted by Crippen LogP contribution is -2.57. The molecular formula is C22H34N4O4. The van der Waals surface area contributed by atoms with Crippen LogP contribution in [0.2, 0.25) is 0 Å². The fourth-order valence-corrected chi connectivity index (χ4v) is 4.52. The average molecular weight is 419 g/mol. The Morgan fingerprint density at radius 1 is 1.10 bits per heavy atom. The van der Waals surface area contributed by atoms with Crippen LogP contribution >= 0.6 is 0 Å². The summed E-state index contributed by atoms with van der Waals surface area (Å²) in [6.45, 7) is 2.66. The fourth-order valence-electron chi connectivity index (χ4n) is 4.52. The Morgan fingerprint density at radius 2 is 1.70 bits per heavy atom. The van der Waals surface area contributed by atoms with Gasteiger partial charge < -0.3 is 21.1 Å². The predicted molar refractivity (Wildman–Crippen MR) is 115 cm³/mol. The van der Waals surface area contributed by atoms with E-state index in [1.165, 1.54) is 32.1 Å². The normalized spacial score (nSPS) is 19.0. The summed E-state index contributed by atoms with van der Waals surface area (Å²) in [5.41, 5.74) is 0.861. The Labute approximate surface area is 178 Å². The number of amides is 3. The first kappa shape index (κ1) is 23.7. The van der Waals surface area contributed by atoms with Gasteiger partial charge >= 0.3 is 6.03 Å². The number of nitrogens with zero attached hydrogens (tertiary/aromatic N) is 1. The molecule has 1 atom stereocenters. The maximum Gasteiger partial charge on any atom is 0.315 e. The van der Waals surface area contributed by atoms with E-state index in [0.29, 0.717) is 6.54 Å². The SMILES string of the molecule is CNC(=O)C(NC(=O)NCC1(N2CCCC2)CCCCC1)c1ccccc1.O=CO. The largest absolute Gasteiger partial charge is 0.483 e. The summed E-state index contributed by atoms with van der Waals surface area (Å²) >= 11 is 0. The first-order chi connectivity index (χ1) is 14.6. The molecule has 4 N–H and O–H groups in total. The second-order valence-electron chi connectivity index (χ2n) is 7.87. The average Bonchev–Trinajstić information content (AvgIpc) is 3.33. The molecule has 0 bridgehead atoms. The van der Waals surface area contributed by atoms with E-state index in [0.717, 1.165) is 31.5 Å². The van der Waals surface area contributed by atoms with Gasteiger partial charge in [0.05, 0.1) is 0 Å². The van der Waals surface area contributed by atoms with Crippen LogP contribution in [0.5, 0.6) is 0 Å². The van der Waals surface area contributed by atoms with Crippen molar-refractivity contribution >= 4 is 18.4 Å². The Morgan fingerprint density at radius 3 is 2.27 bits per heavy atom. The smallest absolute Gasteiger partial charge is 0.315 e. The van der Waals surface area contributed by atoms with Crippen molar-refractivity contribution in [3.05, 3.63) is 35.9 Å². The number of urea groups is 1. The Bertz CT molecular complexity index is 671. The number of carboxylic acid groups (broad SMARTS) is 1. The third-order valence-electron chi connectivity index (χ3n) is 6.06. The summed E-state index contributed by atoms with van der Waals surface area (Å²) in [6.07, 6.45) is 8.53. The van der Waals surface area contributed by atoms with Crippen molar-refractivity contribution < 1.29 is 19.5 Å². The summed E-state index contributed by atoms with van der Waals surface area (Å²) < 4.78 is 0. The summed E-state index contributed by atoms with van der Waals surface area (Å²) in [4.78, 5) is 35.8. The number of carbonyl (C=O) groups excluding carboxylic acids is 2. The van der Waals surface area contributed by atoms with Crippen LogP contribution in [0.25, 0.3) is 0 Å². The molecule has 1 saturated carbocycles. The van der Waals surface area contributed by atoms with Crippen molar-refractivity contribution in [1.29, 1.82) is 0 Å². The zero-order valence-corrected chi connectivity index (χ0v) is 17.7. The lowest BCUT2D eigenvalue weighted by atomic mass is 9.80. The van der Waals surface area contributed by atoms with Crippen LogP contribution in [0.15, 0.2) is 30.3 Å². The van der Waals surface area contributed by atoms with Crippen LogP contribution in [0, 0.1) is 0 Å². The molecule has 3 rings (SSSR count). The molecule has 8 heteroatoms. The fraction of sp³-hybridized carbons (Fsp3) is 0.591. The minimum atomic E-state index is -0.690. The summed E-state index contributed by atoms with van der Waals surface area (Å²) in [5, 5.41) is 15.5. The van der Waals surface area contributed by atoms with Gasteiger partial charge in [0, 0.05) is 19.1 Å². The van der Waals surface area contributed by atoms with Crippen molar-refractivity contribution in [2.24, 2.45) is 0 Å². The van der Waals surface area contributed by atoms with E-state index in [1.807, 2.05) is 30.3 Å². The highest BCUT2D eigenvalue weighted by molar-refractivity contribution is 5.87. The third kappa shape index (κ3) is 6.45. The molecular weight excluding hydrogens is 384 g/mol. The highest BCUT2D eigenvalue weighted by Crippen LogP contribution is 2.35. The van der Waals surface area contributed by atoms with Crippen molar-refractivity contribution in [3.63, 3.8) is 0 Å². The summed E-state index contributed by atoms with van der Waals surface area (Å²) in [6, 6.07) is 8.37. The van der Waals surface area contributed by atoms with E-state index in [-0.39, 0.29) is 23.9 Å². The van der Waals surface area contributed by atoms with Crippen LogP contribution in [0.1, 0.15) is 56.6 Å². The Kier molecular flexibility index (Phi) is 9.60. The number of likely N-dealkylation sites (N-methyl/N-ethyl adjacent to an activating group) is 1. The van der Waals surface area contributed by atoms with E-state index in [2.05, 4.69) is 20.9 Å².